The van der Waals surface area contributed by atoms with Gasteiger partial charge in [-0.3, -0.25) is 4.79 Å². The van der Waals surface area contributed by atoms with Crippen LogP contribution in [0.5, 0.6) is 5.75 Å². The Balaban J connectivity index is 1.84. The second-order valence-electron chi connectivity index (χ2n) is 5.64. The molecule has 2 aromatic rings. The van der Waals surface area contributed by atoms with Gasteiger partial charge in [0.05, 0.1) is 0 Å². The minimum Gasteiger partial charge on any atom is -0.507 e. The normalized spacial score (nSPS) is 14.7. The van der Waals surface area contributed by atoms with Crippen molar-refractivity contribution in [2.45, 2.75) is 25.0 Å². The molecule has 1 amide bonds. The van der Waals surface area contributed by atoms with E-state index in [4.69, 9.17) is 16.3 Å². The van der Waals surface area contributed by atoms with Crippen molar-refractivity contribution >= 4 is 23.5 Å². The van der Waals surface area contributed by atoms with Gasteiger partial charge in [-0.05, 0) is 31.0 Å². The number of ether oxygens (including phenoxy) is 1. The Morgan fingerprint density at radius 2 is 1.88 bits per heavy atom. The summed E-state index contributed by atoms with van der Waals surface area (Å²) in [5.74, 6) is -1.44. The molecule has 0 radical (unpaired) electrons. The highest BCUT2D eigenvalue weighted by molar-refractivity contribution is 6.31. The maximum absolute atomic E-state index is 12.4. The number of halogens is 1. The van der Waals surface area contributed by atoms with Crippen molar-refractivity contribution in [3.63, 3.8) is 0 Å². The Hall–Kier alpha value is -2.53. The maximum Gasteiger partial charge on any atom is 0.343 e. The number of hydrogen-bond donors (Lipinski definition) is 2. The van der Waals surface area contributed by atoms with E-state index < -0.39 is 12.1 Å². The Morgan fingerprint density at radius 1 is 1.17 bits per heavy atom. The molecule has 0 aromatic heterocycles. The van der Waals surface area contributed by atoms with Crippen molar-refractivity contribution in [2.24, 2.45) is 0 Å². The summed E-state index contributed by atoms with van der Waals surface area (Å²) in [6.45, 7) is 0. The highest BCUT2D eigenvalue weighted by Crippen LogP contribution is 2.27. The quantitative estimate of drug-likeness (QED) is 0.816. The molecule has 0 heterocycles. The third kappa shape index (κ3) is 3.86. The van der Waals surface area contributed by atoms with E-state index in [-0.39, 0.29) is 23.3 Å². The molecule has 0 unspecified atom stereocenters. The fourth-order valence-corrected chi connectivity index (χ4v) is 2.42. The monoisotopic (exact) mass is 345 g/mol. The van der Waals surface area contributed by atoms with Gasteiger partial charge in [0.25, 0.3) is 5.91 Å². The van der Waals surface area contributed by atoms with Gasteiger partial charge in [-0.25, -0.2) is 4.79 Å². The van der Waals surface area contributed by atoms with Crippen LogP contribution in [0.3, 0.4) is 0 Å². The number of phenols is 1. The van der Waals surface area contributed by atoms with Gasteiger partial charge < -0.3 is 15.2 Å². The first kappa shape index (κ1) is 16.3. The molecule has 0 spiro atoms. The third-order valence-electron chi connectivity index (χ3n) is 3.67. The Labute approximate surface area is 144 Å². The molecule has 1 aliphatic rings. The molecule has 1 aliphatic carbocycles. The summed E-state index contributed by atoms with van der Waals surface area (Å²) < 4.78 is 5.38. The molecule has 24 heavy (non-hydrogen) atoms. The molecule has 3 rings (SSSR count). The summed E-state index contributed by atoms with van der Waals surface area (Å²) in [5.41, 5.74) is 0.480. The Kier molecular flexibility index (Phi) is 4.71. The molecule has 0 aliphatic heterocycles. The number of esters is 1. The molecule has 5 nitrogen and oxygen atoms in total. The highest BCUT2D eigenvalue weighted by Gasteiger charge is 2.31. The summed E-state index contributed by atoms with van der Waals surface area (Å²) in [6.07, 6.45) is 0.768. The number of benzene rings is 2. The summed E-state index contributed by atoms with van der Waals surface area (Å²) in [6, 6.07) is 13.0. The van der Waals surface area contributed by atoms with Gasteiger partial charge in [0, 0.05) is 16.6 Å². The van der Waals surface area contributed by atoms with Crippen molar-refractivity contribution in [2.75, 3.05) is 0 Å². The van der Waals surface area contributed by atoms with Gasteiger partial charge in [0.2, 0.25) is 6.10 Å². The fourth-order valence-electron chi connectivity index (χ4n) is 2.25. The summed E-state index contributed by atoms with van der Waals surface area (Å²) in [7, 11) is 0. The summed E-state index contributed by atoms with van der Waals surface area (Å²) in [4.78, 5) is 24.8. The van der Waals surface area contributed by atoms with Crippen LogP contribution < -0.4 is 5.32 Å². The van der Waals surface area contributed by atoms with Crippen LogP contribution in [-0.4, -0.2) is 23.0 Å². The standard InChI is InChI=1S/C18H16ClNO4/c19-12-6-9-15(21)14(10-12)18(23)24-16(11-4-2-1-3-5-11)17(22)20-13-7-8-13/h1-6,9-10,13,16,21H,7-8H2,(H,20,22)/t16-/m0/s1. The lowest BCUT2D eigenvalue weighted by atomic mass is 10.1. The minimum absolute atomic E-state index is 0.0809. The van der Waals surface area contributed by atoms with E-state index in [9.17, 15) is 14.7 Å². The Bertz CT molecular complexity index is 759. The van der Waals surface area contributed by atoms with E-state index in [1.165, 1.54) is 18.2 Å². The van der Waals surface area contributed by atoms with E-state index in [0.717, 1.165) is 12.8 Å². The number of phenolic OH excluding ortho intramolecular Hbond substituents is 1. The third-order valence-corrected chi connectivity index (χ3v) is 3.90. The van der Waals surface area contributed by atoms with E-state index >= 15 is 0 Å². The lowest BCUT2D eigenvalue weighted by Gasteiger charge is -2.18. The highest BCUT2D eigenvalue weighted by atomic mass is 35.5. The van der Waals surface area contributed by atoms with E-state index in [2.05, 4.69) is 5.32 Å². The lowest BCUT2D eigenvalue weighted by molar-refractivity contribution is -0.130. The van der Waals surface area contributed by atoms with Crippen LogP contribution in [0.15, 0.2) is 48.5 Å². The van der Waals surface area contributed by atoms with Crippen LogP contribution in [0.25, 0.3) is 0 Å². The van der Waals surface area contributed by atoms with Crippen LogP contribution in [0.2, 0.25) is 5.02 Å². The molecule has 0 saturated heterocycles. The predicted molar refractivity (Wildman–Crippen MR) is 88.9 cm³/mol. The molecule has 2 aromatic carbocycles. The zero-order valence-corrected chi connectivity index (χ0v) is 13.5. The fraction of sp³-hybridized carbons (Fsp3) is 0.222. The van der Waals surface area contributed by atoms with Gasteiger partial charge in [-0.2, -0.15) is 0 Å². The van der Waals surface area contributed by atoms with Gasteiger partial charge in [-0.15, -0.1) is 0 Å². The molecule has 124 valence electrons. The molecular formula is C18H16ClNO4. The first-order valence-electron chi connectivity index (χ1n) is 7.59. The van der Waals surface area contributed by atoms with Crippen LogP contribution in [0.4, 0.5) is 0 Å². The van der Waals surface area contributed by atoms with Gasteiger partial charge in [0.1, 0.15) is 11.3 Å². The van der Waals surface area contributed by atoms with Crippen molar-refractivity contribution in [1.29, 1.82) is 0 Å². The zero-order valence-electron chi connectivity index (χ0n) is 12.7. The topological polar surface area (TPSA) is 75.6 Å². The van der Waals surface area contributed by atoms with Crippen molar-refractivity contribution in [1.82, 2.24) is 5.32 Å². The first-order chi connectivity index (χ1) is 11.5. The number of hydrogen-bond acceptors (Lipinski definition) is 4. The van der Waals surface area contributed by atoms with Crippen LogP contribution in [0, 0.1) is 0 Å². The van der Waals surface area contributed by atoms with E-state index in [0.29, 0.717) is 10.6 Å². The minimum atomic E-state index is -1.09. The largest absolute Gasteiger partial charge is 0.507 e. The van der Waals surface area contributed by atoms with Crippen molar-refractivity contribution < 1.29 is 19.4 Å². The summed E-state index contributed by atoms with van der Waals surface area (Å²) >= 11 is 5.86. The smallest absolute Gasteiger partial charge is 0.343 e. The van der Waals surface area contributed by atoms with Crippen LogP contribution >= 0.6 is 11.6 Å². The van der Waals surface area contributed by atoms with Gasteiger partial charge >= 0.3 is 5.97 Å². The molecule has 1 fully saturated rings. The Morgan fingerprint density at radius 3 is 2.54 bits per heavy atom. The zero-order chi connectivity index (χ0) is 17.1. The van der Waals surface area contributed by atoms with Gasteiger partial charge in [0.15, 0.2) is 0 Å². The SMILES string of the molecule is O=C(O[C@H](C(=O)NC1CC1)c1ccccc1)c1cc(Cl)ccc1O. The van der Waals surface area contributed by atoms with E-state index in [1.54, 1.807) is 24.3 Å². The molecule has 0 bridgehead atoms. The molecule has 2 N–H and O–H groups in total. The second kappa shape index (κ2) is 6.93. The van der Waals surface area contributed by atoms with Crippen molar-refractivity contribution in [3.05, 3.63) is 64.7 Å². The van der Waals surface area contributed by atoms with Crippen molar-refractivity contribution in [3.8, 4) is 5.75 Å². The second-order valence-corrected chi connectivity index (χ2v) is 6.08. The molecule has 1 atom stereocenters. The molecular weight excluding hydrogens is 330 g/mol. The van der Waals surface area contributed by atoms with Gasteiger partial charge in [-0.1, -0.05) is 41.9 Å². The number of nitrogens with one attached hydrogen (secondary N) is 1. The lowest BCUT2D eigenvalue weighted by Crippen LogP contribution is -2.33. The number of amides is 1. The summed E-state index contributed by atoms with van der Waals surface area (Å²) in [5, 5.41) is 12.9. The molecule has 6 heteroatoms. The molecule has 1 saturated carbocycles. The number of aromatic hydroxyl groups is 1. The average Bonchev–Trinajstić information content (AvgIpc) is 3.39. The van der Waals surface area contributed by atoms with E-state index in [1.807, 2.05) is 6.07 Å². The maximum atomic E-state index is 12.4. The number of carbonyl (C=O) groups excluding carboxylic acids is 2. The predicted octanol–water partition coefficient (Wildman–Crippen LogP) is 3.22. The average molecular weight is 346 g/mol. The first-order valence-corrected chi connectivity index (χ1v) is 7.97. The number of rotatable bonds is 5. The number of carbonyl (C=O) groups is 2. The van der Waals surface area contributed by atoms with Crippen LogP contribution in [0.1, 0.15) is 34.9 Å². The van der Waals surface area contributed by atoms with Crippen LogP contribution in [-0.2, 0) is 9.53 Å².